The lowest BCUT2D eigenvalue weighted by molar-refractivity contribution is 0.543. The fraction of sp³-hybridized carbons (Fsp3) is 0.182. The molecule has 14 heavy (non-hydrogen) atoms. The zero-order valence-corrected chi connectivity index (χ0v) is 8.47. The van der Waals surface area contributed by atoms with E-state index in [0.29, 0.717) is 28.2 Å². The molecule has 0 bridgehead atoms. The summed E-state index contributed by atoms with van der Waals surface area (Å²) in [5.41, 5.74) is 0.560. The second-order valence-corrected chi connectivity index (χ2v) is 3.51. The van der Waals surface area contributed by atoms with E-state index in [1.807, 2.05) is 6.92 Å². The Morgan fingerprint density at radius 3 is 2.86 bits per heavy atom. The fourth-order valence-corrected chi connectivity index (χ4v) is 1.52. The third-order valence-corrected chi connectivity index (χ3v) is 2.32. The van der Waals surface area contributed by atoms with Crippen molar-refractivity contribution in [3.63, 3.8) is 0 Å². The van der Waals surface area contributed by atoms with E-state index in [0.717, 1.165) is 0 Å². The molecule has 0 radical (unpaired) electrons. The lowest BCUT2D eigenvalue weighted by atomic mass is 10.2. The van der Waals surface area contributed by atoms with Gasteiger partial charge >= 0.3 is 0 Å². The van der Waals surface area contributed by atoms with E-state index in [2.05, 4.69) is 0 Å². The smallest absolute Gasteiger partial charge is 0.192 e. The van der Waals surface area contributed by atoms with Crippen molar-refractivity contribution in [2.45, 2.75) is 13.3 Å². The lowest BCUT2D eigenvalue weighted by Crippen LogP contribution is -2.01. The van der Waals surface area contributed by atoms with Crippen molar-refractivity contribution in [3.05, 3.63) is 45.3 Å². The minimum atomic E-state index is -0.0365. The Labute approximate surface area is 86.1 Å². The van der Waals surface area contributed by atoms with Gasteiger partial charge in [0.15, 0.2) is 5.43 Å². The summed E-state index contributed by atoms with van der Waals surface area (Å²) in [5.74, 6) is 0.699. The molecule has 0 aliphatic carbocycles. The zero-order chi connectivity index (χ0) is 10.1. The Balaban J connectivity index is 2.83. The summed E-state index contributed by atoms with van der Waals surface area (Å²) in [6.07, 6.45) is 0.716. The van der Waals surface area contributed by atoms with Crippen molar-refractivity contribution < 1.29 is 4.42 Å². The molecule has 2 aromatic rings. The van der Waals surface area contributed by atoms with Crippen molar-refractivity contribution in [1.29, 1.82) is 0 Å². The first-order chi connectivity index (χ1) is 6.70. The highest BCUT2D eigenvalue weighted by atomic mass is 35.5. The Hall–Kier alpha value is -1.28. The Morgan fingerprint density at radius 1 is 1.36 bits per heavy atom. The van der Waals surface area contributed by atoms with Crippen molar-refractivity contribution in [3.8, 4) is 0 Å². The number of hydrogen-bond acceptors (Lipinski definition) is 2. The largest absolute Gasteiger partial charge is 0.461 e. The molecule has 0 aliphatic heterocycles. The standard InChI is InChI=1S/C11H9ClO2/c1-2-8-6-10(13)9-5-7(12)3-4-11(9)14-8/h3-6H,2H2,1H3. The summed E-state index contributed by atoms with van der Waals surface area (Å²) < 4.78 is 5.49. The molecule has 1 heterocycles. The second-order valence-electron chi connectivity index (χ2n) is 3.07. The number of benzene rings is 1. The van der Waals surface area contributed by atoms with Crippen LogP contribution in [0.5, 0.6) is 0 Å². The van der Waals surface area contributed by atoms with E-state index in [1.165, 1.54) is 6.07 Å². The van der Waals surface area contributed by atoms with Gasteiger partial charge in [-0.3, -0.25) is 4.79 Å². The van der Waals surface area contributed by atoms with Crippen LogP contribution in [0, 0.1) is 0 Å². The second kappa shape index (κ2) is 3.46. The average molecular weight is 209 g/mol. The molecule has 0 atom stereocenters. The van der Waals surface area contributed by atoms with Gasteiger partial charge in [0.2, 0.25) is 0 Å². The highest BCUT2D eigenvalue weighted by molar-refractivity contribution is 6.31. The monoisotopic (exact) mass is 208 g/mol. The molecular formula is C11H9ClO2. The zero-order valence-electron chi connectivity index (χ0n) is 7.71. The van der Waals surface area contributed by atoms with E-state index >= 15 is 0 Å². The topological polar surface area (TPSA) is 30.2 Å². The van der Waals surface area contributed by atoms with Crippen LogP contribution in [0.25, 0.3) is 11.0 Å². The Kier molecular flexibility index (Phi) is 2.30. The molecule has 2 rings (SSSR count). The van der Waals surface area contributed by atoms with Gasteiger partial charge in [0.05, 0.1) is 5.39 Å². The van der Waals surface area contributed by atoms with Crippen LogP contribution in [0.2, 0.25) is 5.02 Å². The van der Waals surface area contributed by atoms with E-state index in [-0.39, 0.29) is 5.43 Å². The molecular weight excluding hydrogens is 200 g/mol. The highest BCUT2D eigenvalue weighted by Gasteiger charge is 2.03. The van der Waals surface area contributed by atoms with Gasteiger partial charge in [-0.1, -0.05) is 18.5 Å². The van der Waals surface area contributed by atoms with Crippen LogP contribution in [0.3, 0.4) is 0 Å². The van der Waals surface area contributed by atoms with Crippen LogP contribution in [-0.2, 0) is 6.42 Å². The van der Waals surface area contributed by atoms with Gasteiger partial charge in [-0.2, -0.15) is 0 Å². The van der Waals surface area contributed by atoms with Crippen molar-refractivity contribution in [1.82, 2.24) is 0 Å². The maximum Gasteiger partial charge on any atom is 0.192 e. The van der Waals surface area contributed by atoms with Crippen LogP contribution in [0.15, 0.2) is 33.5 Å². The Morgan fingerprint density at radius 2 is 2.14 bits per heavy atom. The molecule has 0 aliphatic rings. The minimum absolute atomic E-state index is 0.0365. The van der Waals surface area contributed by atoms with Crippen LogP contribution in [0.1, 0.15) is 12.7 Å². The molecule has 0 unspecified atom stereocenters. The van der Waals surface area contributed by atoms with E-state index < -0.39 is 0 Å². The molecule has 1 aromatic heterocycles. The van der Waals surface area contributed by atoms with Crippen molar-refractivity contribution >= 4 is 22.6 Å². The summed E-state index contributed by atoms with van der Waals surface area (Å²) in [6, 6.07) is 6.57. The van der Waals surface area contributed by atoms with Crippen LogP contribution in [-0.4, -0.2) is 0 Å². The Bertz CT molecular complexity index is 528. The van der Waals surface area contributed by atoms with E-state index in [9.17, 15) is 4.79 Å². The first kappa shape index (κ1) is 9.28. The first-order valence-electron chi connectivity index (χ1n) is 4.43. The molecule has 3 heteroatoms. The quantitative estimate of drug-likeness (QED) is 0.721. The summed E-state index contributed by atoms with van der Waals surface area (Å²) in [4.78, 5) is 11.6. The summed E-state index contributed by atoms with van der Waals surface area (Å²) in [6.45, 7) is 1.94. The number of halogens is 1. The number of hydrogen-bond donors (Lipinski definition) is 0. The first-order valence-corrected chi connectivity index (χ1v) is 4.81. The van der Waals surface area contributed by atoms with Gasteiger partial charge < -0.3 is 4.42 Å². The van der Waals surface area contributed by atoms with Crippen molar-refractivity contribution in [2.24, 2.45) is 0 Å². The minimum Gasteiger partial charge on any atom is -0.461 e. The van der Waals surface area contributed by atoms with Crippen LogP contribution < -0.4 is 5.43 Å². The van der Waals surface area contributed by atoms with Crippen LogP contribution in [0.4, 0.5) is 0 Å². The summed E-state index contributed by atoms with van der Waals surface area (Å²) in [7, 11) is 0. The maximum absolute atomic E-state index is 11.6. The van der Waals surface area contributed by atoms with Gasteiger partial charge in [0.25, 0.3) is 0 Å². The SMILES string of the molecule is CCc1cc(=O)c2cc(Cl)ccc2o1. The average Bonchev–Trinajstić information content (AvgIpc) is 2.19. The highest BCUT2D eigenvalue weighted by Crippen LogP contribution is 2.17. The number of aryl methyl sites for hydroxylation is 1. The third-order valence-electron chi connectivity index (χ3n) is 2.09. The van der Waals surface area contributed by atoms with E-state index in [1.54, 1.807) is 18.2 Å². The molecule has 0 saturated heterocycles. The van der Waals surface area contributed by atoms with Crippen LogP contribution >= 0.6 is 11.6 Å². The maximum atomic E-state index is 11.6. The van der Waals surface area contributed by atoms with Gasteiger partial charge in [0, 0.05) is 17.5 Å². The van der Waals surface area contributed by atoms with E-state index in [4.69, 9.17) is 16.0 Å². The lowest BCUT2D eigenvalue weighted by Gasteiger charge is -2.00. The molecule has 0 amide bonds. The summed E-state index contributed by atoms with van der Waals surface area (Å²) >= 11 is 5.78. The van der Waals surface area contributed by atoms with Gasteiger partial charge in [-0.25, -0.2) is 0 Å². The third kappa shape index (κ3) is 1.53. The van der Waals surface area contributed by atoms with Gasteiger partial charge in [-0.15, -0.1) is 0 Å². The predicted molar refractivity (Wildman–Crippen MR) is 56.9 cm³/mol. The van der Waals surface area contributed by atoms with Gasteiger partial charge in [-0.05, 0) is 18.2 Å². The number of fused-ring (bicyclic) bond motifs is 1. The molecule has 2 nitrogen and oxygen atoms in total. The molecule has 1 aromatic carbocycles. The normalized spacial score (nSPS) is 10.7. The predicted octanol–water partition coefficient (Wildman–Crippen LogP) is 3.01. The van der Waals surface area contributed by atoms with Crippen molar-refractivity contribution in [2.75, 3.05) is 0 Å². The molecule has 0 saturated carbocycles. The fourth-order valence-electron chi connectivity index (χ4n) is 1.35. The molecule has 72 valence electrons. The molecule has 0 N–H and O–H groups in total. The molecule has 0 fully saturated rings. The van der Waals surface area contributed by atoms with Gasteiger partial charge in [0.1, 0.15) is 11.3 Å². The number of rotatable bonds is 1. The molecule has 0 spiro atoms. The summed E-state index contributed by atoms with van der Waals surface area (Å²) in [5, 5.41) is 1.09.